The second-order valence-electron chi connectivity index (χ2n) is 2.13. The Hall–Kier alpha value is -1.29. The average Bonchev–Trinajstić information content (AvgIpc) is 2.05. The minimum atomic E-state index is -0.412. The Morgan fingerprint density at radius 3 is 3.00 bits per heavy atom. The highest BCUT2D eigenvalue weighted by molar-refractivity contribution is 5.15. The van der Waals surface area contributed by atoms with Crippen molar-refractivity contribution in [3.63, 3.8) is 0 Å². The second kappa shape index (κ2) is 4.56. The van der Waals surface area contributed by atoms with Crippen molar-refractivity contribution in [2.45, 2.75) is 0 Å². The van der Waals surface area contributed by atoms with Gasteiger partial charge in [-0.2, -0.15) is 0 Å². The van der Waals surface area contributed by atoms with Gasteiger partial charge in [-0.05, 0) is 0 Å². The average molecular weight is 170 g/mol. The molecule has 0 aliphatic heterocycles. The maximum Gasteiger partial charge on any atom is 0.339 e. The van der Waals surface area contributed by atoms with E-state index >= 15 is 0 Å². The summed E-state index contributed by atoms with van der Waals surface area (Å²) in [6, 6.07) is 2.87. The van der Waals surface area contributed by atoms with Gasteiger partial charge >= 0.3 is 5.63 Å². The van der Waals surface area contributed by atoms with Gasteiger partial charge in [-0.15, -0.1) is 0 Å². The van der Waals surface area contributed by atoms with Crippen LogP contribution >= 0.6 is 0 Å². The van der Waals surface area contributed by atoms with Crippen LogP contribution < -0.4 is 10.4 Å². The standard InChI is InChI=1S/C8H10O4/c1-10-4-5-11-7-2-3-12-8(9)6-7/h2-3,6H,4-5H2,1H3. The number of methoxy groups -OCH3 is 1. The van der Waals surface area contributed by atoms with Crippen molar-refractivity contribution in [1.29, 1.82) is 0 Å². The van der Waals surface area contributed by atoms with Crippen molar-refractivity contribution >= 4 is 0 Å². The van der Waals surface area contributed by atoms with Crippen LogP contribution in [0.5, 0.6) is 5.75 Å². The van der Waals surface area contributed by atoms with E-state index in [4.69, 9.17) is 9.47 Å². The third kappa shape index (κ3) is 2.75. The van der Waals surface area contributed by atoms with E-state index in [0.29, 0.717) is 19.0 Å². The van der Waals surface area contributed by atoms with Crippen LogP contribution in [0.3, 0.4) is 0 Å². The molecule has 66 valence electrons. The zero-order valence-electron chi connectivity index (χ0n) is 6.78. The van der Waals surface area contributed by atoms with Crippen molar-refractivity contribution in [1.82, 2.24) is 0 Å². The summed E-state index contributed by atoms with van der Waals surface area (Å²) in [7, 11) is 1.59. The Bertz CT molecular complexity index is 278. The largest absolute Gasteiger partial charge is 0.491 e. The number of rotatable bonds is 4. The molecule has 0 amide bonds. The molecular weight excluding hydrogens is 160 g/mol. The van der Waals surface area contributed by atoms with Crippen molar-refractivity contribution in [3.05, 3.63) is 28.8 Å². The summed E-state index contributed by atoms with van der Waals surface area (Å²) in [6.45, 7) is 0.931. The summed E-state index contributed by atoms with van der Waals surface area (Å²) < 4.78 is 14.4. The fourth-order valence-electron chi connectivity index (χ4n) is 0.699. The lowest BCUT2D eigenvalue weighted by atomic mass is 10.5. The van der Waals surface area contributed by atoms with Gasteiger partial charge in [-0.3, -0.25) is 0 Å². The molecule has 0 N–H and O–H groups in total. The minimum Gasteiger partial charge on any atom is -0.491 e. The van der Waals surface area contributed by atoms with Crippen LogP contribution in [0.1, 0.15) is 0 Å². The molecule has 0 aromatic carbocycles. The van der Waals surface area contributed by atoms with E-state index in [-0.39, 0.29) is 0 Å². The summed E-state index contributed by atoms with van der Waals surface area (Å²) in [5, 5.41) is 0. The molecule has 4 nitrogen and oxygen atoms in total. The minimum absolute atomic E-state index is 0.412. The first-order valence-corrected chi connectivity index (χ1v) is 3.53. The molecule has 1 aromatic rings. The quantitative estimate of drug-likeness (QED) is 0.623. The molecule has 12 heavy (non-hydrogen) atoms. The zero-order chi connectivity index (χ0) is 8.81. The lowest BCUT2D eigenvalue weighted by molar-refractivity contribution is 0.146. The first-order chi connectivity index (χ1) is 5.83. The van der Waals surface area contributed by atoms with E-state index in [1.807, 2.05) is 0 Å². The Morgan fingerprint density at radius 2 is 2.33 bits per heavy atom. The molecule has 0 atom stereocenters. The lowest BCUT2D eigenvalue weighted by Gasteiger charge is -2.02. The summed E-state index contributed by atoms with van der Waals surface area (Å²) in [6.07, 6.45) is 1.30. The monoisotopic (exact) mass is 170 g/mol. The van der Waals surface area contributed by atoms with Gasteiger partial charge in [0.15, 0.2) is 0 Å². The van der Waals surface area contributed by atoms with Crippen LogP contribution in [0, 0.1) is 0 Å². The van der Waals surface area contributed by atoms with E-state index in [1.54, 1.807) is 13.2 Å². The van der Waals surface area contributed by atoms with Gasteiger partial charge in [0.25, 0.3) is 0 Å². The van der Waals surface area contributed by atoms with Crippen LogP contribution in [0.2, 0.25) is 0 Å². The van der Waals surface area contributed by atoms with E-state index in [2.05, 4.69) is 4.42 Å². The molecule has 0 unspecified atom stereocenters. The van der Waals surface area contributed by atoms with Gasteiger partial charge in [0.05, 0.1) is 18.9 Å². The Labute approximate surface area is 69.7 Å². The second-order valence-corrected chi connectivity index (χ2v) is 2.13. The first kappa shape index (κ1) is 8.80. The van der Waals surface area contributed by atoms with E-state index in [1.165, 1.54) is 12.3 Å². The number of hydrogen-bond donors (Lipinski definition) is 0. The van der Waals surface area contributed by atoms with Gasteiger partial charge in [0.1, 0.15) is 12.4 Å². The molecule has 0 saturated heterocycles. The van der Waals surface area contributed by atoms with Crippen molar-refractivity contribution in [2.24, 2.45) is 0 Å². The molecule has 0 fully saturated rings. The Balaban J connectivity index is 2.47. The summed E-state index contributed by atoms with van der Waals surface area (Å²) >= 11 is 0. The Morgan fingerprint density at radius 1 is 1.50 bits per heavy atom. The van der Waals surface area contributed by atoms with Crippen LogP contribution in [-0.4, -0.2) is 20.3 Å². The first-order valence-electron chi connectivity index (χ1n) is 3.53. The van der Waals surface area contributed by atoms with E-state index in [9.17, 15) is 4.79 Å². The highest BCUT2D eigenvalue weighted by atomic mass is 16.5. The molecule has 0 saturated carbocycles. The third-order valence-electron chi connectivity index (χ3n) is 1.23. The molecule has 0 aliphatic carbocycles. The fourth-order valence-corrected chi connectivity index (χ4v) is 0.699. The molecule has 4 heteroatoms. The molecule has 0 spiro atoms. The highest BCUT2D eigenvalue weighted by Crippen LogP contribution is 2.04. The molecule has 1 aromatic heterocycles. The zero-order valence-corrected chi connectivity index (χ0v) is 6.78. The van der Waals surface area contributed by atoms with Gasteiger partial charge in [-0.25, -0.2) is 4.79 Å². The van der Waals surface area contributed by atoms with Crippen molar-refractivity contribution < 1.29 is 13.9 Å². The molecule has 0 radical (unpaired) electrons. The predicted molar refractivity (Wildman–Crippen MR) is 42.3 cm³/mol. The van der Waals surface area contributed by atoms with Crippen LogP contribution in [-0.2, 0) is 4.74 Å². The van der Waals surface area contributed by atoms with Gasteiger partial charge in [0.2, 0.25) is 0 Å². The van der Waals surface area contributed by atoms with Crippen LogP contribution in [0.25, 0.3) is 0 Å². The van der Waals surface area contributed by atoms with Crippen molar-refractivity contribution in [2.75, 3.05) is 20.3 Å². The molecule has 1 heterocycles. The summed E-state index contributed by atoms with van der Waals surface area (Å²) in [5.41, 5.74) is -0.412. The molecular formula is C8H10O4. The SMILES string of the molecule is COCCOc1ccoc(=O)c1. The van der Waals surface area contributed by atoms with Crippen LogP contribution in [0.15, 0.2) is 27.6 Å². The summed E-state index contributed by atoms with van der Waals surface area (Å²) in [5.74, 6) is 0.503. The summed E-state index contributed by atoms with van der Waals surface area (Å²) in [4.78, 5) is 10.6. The predicted octanol–water partition coefficient (Wildman–Crippen LogP) is 0.665. The molecule has 1 rings (SSSR count). The van der Waals surface area contributed by atoms with Gasteiger partial charge < -0.3 is 13.9 Å². The maximum absolute atomic E-state index is 10.6. The normalized spacial score (nSPS) is 9.75. The number of ether oxygens (including phenoxy) is 2. The maximum atomic E-state index is 10.6. The van der Waals surface area contributed by atoms with Gasteiger partial charge in [-0.1, -0.05) is 0 Å². The topological polar surface area (TPSA) is 48.7 Å². The highest BCUT2D eigenvalue weighted by Gasteiger charge is 1.93. The third-order valence-corrected chi connectivity index (χ3v) is 1.23. The van der Waals surface area contributed by atoms with E-state index in [0.717, 1.165) is 0 Å². The van der Waals surface area contributed by atoms with Crippen molar-refractivity contribution in [3.8, 4) is 5.75 Å². The fraction of sp³-hybridized carbons (Fsp3) is 0.375. The smallest absolute Gasteiger partial charge is 0.339 e. The lowest BCUT2D eigenvalue weighted by Crippen LogP contribution is -2.06. The molecule has 0 aliphatic rings. The van der Waals surface area contributed by atoms with Gasteiger partial charge in [0, 0.05) is 13.2 Å². The van der Waals surface area contributed by atoms with Crippen LogP contribution in [0.4, 0.5) is 0 Å². The number of hydrogen-bond acceptors (Lipinski definition) is 4. The Kier molecular flexibility index (Phi) is 3.35. The van der Waals surface area contributed by atoms with E-state index < -0.39 is 5.63 Å². The molecule has 0 bridgehead atoms.